The SMILES string of the molecule is NC1=N[C@@H](CN(Cc2ccccc2)c2ccc(C(F)(F)F)cc2)CC2OC12. The topological polar surface area (TPSA) is 54.1 Å². The quantitative estimate of drug-likeness (QED) is 0.813. The molecule has 2 unspecified atom stereocenters. The van der Waals surface area contributed by atoms with Crippen LogP contribution in [0, 0.1) is 0 Å². The Morgan fingerprint density at radius 3 is 2.41 bits per heavy atom. The maximum Gasteiger partial charge on any atom is 0.416 e. The molecule has 0 bridgehead atoms. The molecule has 2 aliphatic rings. The summed E-state index contributed by atoms with van der Waals surface area (Å²) < 4.78 is 44.1. The van der Waals surface area contributed by atoms with Gasteiger partial charge in [0.1, 0.15) is 11.9 Å². The Bertz CT molecular complexity index is 821. The van der Waals surface area contributed by atoms with E-state index in [9.17, 15) is 13.2 Å². The van der Waals surface area contributed by atoms with Crippen molar-refractivity contribution in [1.29, 1.82) is 0 Å². The molecule has 7 heteroatoms. The predicted octanol–water partition coefficient (Wildman–Crippen LogP) is 3.61. The Morgan fingerprint density at radius 1 is 1.07 bits per heavy atom. The fraction of sp³-hybridized carbons (Fsp3) is 0.350. The predicted molar refractivity (Wildman–Crippen MR) is 97.6 cm³/mol. The van der Waals surface area contributed by atoms with Crippen LogP contribution >= 0.6 is 0 Å². The highest BCUT2D eigenvalue weighted by Gasteiger charge is 2.46. The zero-order valence-electron chi connectivity index (χ0n) is 14.6. The monoisotopic (exact) mass is 375 g/mol. The van der Waals surface area contributed by atoms with Crippen molar-refractivity contribution in [2.75, 3.05) is 11.4 Å². The lowest BCUT2D eigenvalue weighted by Gasteiger charge is -2.29. The molecule has 27 heavy (non-hydrogen) atoms. The Morgan fingerprint density at radius 2 is 1.78 bits per heavy atom. The van der Waals surface area contributed by atoms with E-state index in [-0.39, 0.29) is 18.2 Å². The molecule has 0 amide bonds. The van der Waals surface area contributed by atoms with Crippen molar-refractivity contribution in [2.24, 2.45) is 10.7 Å². The largest absolute Gasteiger partial charge is 0.416 e. The van der Waals surface area contributed by atoms with Gasteiger partial charge in [-0.25, -0.2) is 0 Å². The number of rotatable bonds is 5. The second-order valence-electron chi connectivity index (χ2n) is 6.95. The van der Waals surface area contributed by atoms with Crippen molar-refractivity contribution in [2.45, 2.75) is 37.4 Å². The molecule has 0 spiro atoms. The van der Waals surface area contributed by atoms with E-state index in [1.807, 2.05) is 35.2 Å². The van der Waals surface area contributed by atoms with Gasteiger partial charge >= 0.3 is 6.18 Å². The fourth-order valence-corrected chi connectivity index (χ4v) is 3.48. The minimum atomic E-state index is -4.34. The molecule has 1 fully saturated rings. The van der Waals surface area contributed by atoms with Crippen LogP contribution in [0.15, 0.2) is 59.6 Å². The first-order valence-electron chi connectivity index (χ1n) is 8.85. The Balaban J connectivity index is 1.56. The van der Waals surface area contributed by atoms with Crippen LogP contribution in [0.3, 0.4) is 0 Å². The Labute approximate surface area is 155 Å². The second kappa shape index (κ2) is 6.88. The lowest BCUT2D eigenvalue weighted by Crippen LogP contribution is -2.37. The van der Waals surface area contributed by atoms with Crippen LogP contribution < -0.4 is 10.6 Å². The van der Waals surface area contributed by atoms with Crippen molar-refractivity contribution in [3.8, 4) is 0 Å². The molecule has 0 radical (unpaired) electrons. The number of nitrogens with zero attached hydrogens (tertiary/aromatic N) is 2. The summed E-state index contributed by atoms with van der Waals surface area (Å²) in [4.78, 5) is 6.56. The van der Waals surface area contributed by atoms with Gasteiger partial charge in [-0.15, -0.1) is 0 Å². The highest BCUT2D eigenvalue weighted by atomic mass is 19.4. The van der Waals surface area contributed by atoms with Crippen LogP contribution in [-0.2, 0) is 17.5 Å². The summed E-state index contributed by atoms with van der Waals surface area (Å²) in [6, 6.07) is 15.0. The molecular formula is C20H20F3N3O. The van der Waals surface area contributed by atoms with E-state index in [0.717, 1.165) is 29.8 Å². The number of alkyl halides is 3. The number of benzene rings is 2. The molecule has 2 aliphatic heterocycles. The molecule has 0 aliphatic carbocycles. The third kappa shape index (κ3) is 4.08. The molecule has 0 saturated carbocycles. The standard InChI is InChI=1S/C20H20F3N3O/c21-20(22,23)14-6-8-16(9-7-14)26(11-13-4-2-1-3-5-13)12-15-10-17-18(27-17)19(24)25-15/h1-9,15,17-18H,10-12H2,(H2,24,25)/t15-,17?,18?/m1/s1. The zero-order chi connectivity index (χ0) is 19.0. The Kier molecular flexibility index (Phi) is 4.55. The number of ether oxygens (including phenoxy) is 1. The summed E-state index contributed by atoms with van der Waals surface area (Å²) in [5.74, 6) is 0.517. The number of hydrogen-bond acceptors (Lipinski definition) is 4. The number of aliphatic imine (C=N–C) groups is 1. The van der Waals surface area contributed by atoms with E-state index in [4.69, 9.17) is 10.5 Å². The number of fused-ring (bicyclic) bond motifs is 1. The third-order valence-electron chi connectivity index (χ3n) is 4.92. The van der Waals surface area contributed by atoms with Crippen molar-refractivity contribution in [3.63, 3.8) is 0 Å². The van der Waals surface area contributed by atoms with Crippen molar-refractivity contribution in [1.82, 2.24) is 0 Å². The first-order chi connectivity index (χ1) is 12.9. The molecule has 2 aromatic rings. The summed E-state index contributed by atoms with van der Waals surface area (Å²) in [5, 5.41) is 0. The molecule has 3 atom stereocenters. The van der Waals surface area contributed by atoms with Crippen LogP contribution in [0.2, 0.25) is 0 Å². The summed E-state index contributed by atoms with van der Waals surface area (Å²) in [6.45, 7) is 1.14. The average Bonchev–Trinajstić information content (AvgIpc) is 3.42. The van der Waals surface area contributed by atoms with Gasteiger partial charge in [0.05, 0.1) is 17.7 Å². The maximum atomic E-state index is 12.9. The zero-order valence-corrected chi connectivity index (χ0v) is 14.6. The minimum absolute atomic E-state index is 0.0419. The van der Waals surface area contributed by atoms with Gasteiger partial charge in [0.15, 0.2) is 0 Å². The van der Waals surface area contributed by atoms with Crippen molar-refractivity contribution in [3.05, 3.63) is 65.7 Å². The van der Waals surface area contributed by atoms with Crippen LogP contribution in [0.1, 0.15) is 17.5 Å². The van der Waals surface area contributed by atoms with Crippen LogP contribution in [0.25, 0.3) is 0 Å². The first-order valence-corrected chi connectivity index (χ1v) is 8.85. The average molecular weight is 375 g/mol. The molecule has 2 aromatic carbocycles. The van der Waals surface area contributed by atoms with Gasteiger partial charge in [-0.3, -0.25) is 4.99 Å². The minimum Gasteiger partial charge on any atom is -0.385 e. The van der Waals surface area contributed by atoms with E-state index in [2.05, 4.69) is 4.99 Å². The lowest BCUT2D eigenvalue weighted by molar-refractivity contribution is -0.137. The van der Waals surface area contributed by atoms with Gasteiger partial charge in [0, 0.05) is 25.2 Å². The normalized spacial score (nSPS) is 24.1. The van der Waals surface area contributed by atoms with E-state index < -0.39 is 11.7 Å². The summed E-state index contributed by atoms with van der Waals surface area (Å²) in [5.41, 5.74) is 7.07. The van der Waals surface area contributed by atoms with Gasteiger partial charge in [0.2, 0.25) is 0 Å². The molecule has 4 rings (SSSR count). The van der Waals surface area contributed by atoms with Crippen LogP contribution in [0.4, 0.5) is 18.9 Å². The fourth-order valence-electron chi connectivity index (χ4n) is 3.48. The highest BCUT2D eigenvalue weighted by Crippen LogP contribution is 2.34. The molecule has 0 aromatic heterocycles. The van der Waals surface area contributed by atoms with Crippen LogP contribution in [0.5, 0.6) is 0 Å². The number of hydrogen-bond donors (Lipinski definition) is 1. The highest BCUT2D eigenvalue weighted by molar-refractivity contribution is 5.88. The number of halogens is 3. The van der Waals surface area contributed by atoms with Gasteiger partial charge in [0.25, 0.3) is 0 Å². The van der Waals surface area contributed by atoms with Gasteiger partial charge in [-0.05, 0) is 29.8 Å². The van der Waals surface area contributed by atoms with Gasteiger partial charge in [-0.2, -0.15) is 13.2 Å². The van der Waals surface area contributed by atoms with Crippen molar-refractivity contribution >= 4 is 11.5 Å². The number of anilines is 1. The number of nitrogens with two attached hydrogens (primary N) is 1. The van der Waals surface area contributed by atoms with E-state index in [1.54, 1.807) is 0 Å². The van der Waals surface area contributed by atoms with Crippen LogP contribution in [-0.4, -0.2) is 30.6 Å². The smallest absolute Gasteiger partial charge is 0.385 e. The van der Waals surface area contributed by atoms with E-state index in [1.165, 1.54) is 12.1 Å². The van der Waals surface area contributed by atoms with Crippen molar-refractivity contribution < 1.29 is 17.9 Å². The summed E-state index contributed by atoms with van der Waals surface area (Å²) >= 11 is 0. The van der Waals surface area contributed by atoms with E-state index >= 15 is 0 Å². The third-order valence-corrected chi connectivity index (χ3v) is 4.92. The molecule has 142 valence electrons. The van der Waals surface area contributed by atoms with Gasteiger partial charge in [-0.1, -0.05) is 30.3 Å². The molecule has 4 nitrogen and oxygen atoms in total. The second-order valence-corrected chi connectivity index (χ2v) is 6.95. The first kappa shape index (κ1) is 17.9. The van der Waals surface area contributed by atoms with Gasteiger partial charge < -0.3 is 15.4 Å². The summed E-state index contributed by atoms with van der Waals surface area (Å²) in [6.07, 6.45) is -3.49. The number of amidine groups is 1. The molecular weight excluding hydrogens is 355 g/mol. The molecule has 2 heterocycles. The lowest BCUT2D eigenvalue weighted by atomic mass is 10.0. The summed E-state index contributed by atoms with van der Waals surface area (Å²) in [7, 11) is 0. The maximum absolute atomic E-state index is 12.9. The molecule has 1 saturated heterocycles. The van der Waals surface area contributed by atoms with E-state index in [0.29, 0.717) is 18.9 Å². The molecule has 2 N–H and O–H groups in total. The number of epoxide rings is 1. The Hall–Kier alpha value is -2.54.